The summed E-state index contributed by atoms with van der Waals surface area (Å²) in [6, 6.07) is 30.6. The fourth-order valence-electron chi connectivity index (χ4n) is 1.77. The SMILES string of the molecule is O=C(O)C(=O)O.O=C([O-])C(=O)[O-].[NH3+]c1ccccc1.c1ccc([NH2+]c2ccccc2)cc1. The summed E-state index contributed by atoms with van der Waals surface area (Å²) in [4.78, 5) is 36.1. The van der Waals surface area contributed by atoms with Gasteiger partial charge in [0.15, 0.2) is 0 Å². The van der Waals surface area contributed by atoms with Crippen LogP contribution in [0.15, 0.2) is 91.0 Å². The van der Waals surface area contributed by atoms with Crippen LogP contribution in [0.25, 0.3) is 0 Å². The van der Waals surface area contributed by atoms with Crippen molar-refractivity contribution in [3.63, 3.8) is 0 Å². The van der Waals surface area contributed by atoms with Gasteiger partial charge in [-0.05, 0) is 36.4 Å². The lowest BCUT2D eigenvalue weighted by Crippen LogP contribution is -2.70. The third kappa shape index (κ3) is 15.4. The predicted molar refractivity (Wildman–Crippen MR) is 108 cm³/mol. The molecule has 0 fully saturated rings. The summed E-state index contributed by atoms with van der Waals surface area (Å²) >= 11 is 0. The van der Waals surface area contributed by atoms with Crippen LogP contribution in [-0.2, 0) is 19.2 Å². The lowest BCUT2D eigenvalue weighted by Gasteiger charge is -1.98. The van der Waals surface area contributed by atoms with Gasteiger partial charge >= 0.3 is 11.9 Å². The molecule has 0 heterocycles. The second-order valence-corrected chi connectivity index (χ2v) is 5.64. The lowest BCUT2D eigenvalue weighted by molar-refractivity contribution is -0.478. The first-order valence-corrected chi connectivity index (χ1v) is 8.83. The highest BCUT2D eigenvalue weighted by Crippen LogP contribution is 2.02. The molecule has 0 aliphatic rings. The van der Waals surface area contributed by atoms with Gasteiger partial charge in [0, 0.05) is 0 Å². The largest absolute Gasteiger partial charge is 0.543 e. The van der Waals surface area contributed by atoms with Gasteiger partial charge in [-0.1, -0.05) is 54.6 Å². The molecular formula is C22H22N2O8. The minimum Gasteiger partial charge on any atom is -0.543 e. The number of rotatable bonds is 2. The van der Waals surface area contributed by atoms with Crippen LogP contribution in [-0.4, -0.2) is 34.1 Å². The van der Waals surface area contributed by atoms with Crippen LogP contribution in [0.2, 0.25) is 0 Å². The molecule has 0 saturated heterocycles. The fraction of sp³-hybridized carbons (Fsp3) is 0. The van der Waals surface area contributed by atoms with E-state index >= 15 is 0 Å². The Morgan fingerprint density at radius 1 is 0.594 bits per heavy atom. The Labute approximate surface area is 183 Å². The first-order valence-electron chi connectivity index (χ1n) is 8.83. The Hall–Kier alpha value is -4.54. The average molecular weight is 442 g/mol. The van der Waals surface area contributed by atoms with E-state index in [0.29, 0.717) is 0 Å². The Morgan fingerprint density at radius 2 is 0.875 bits per heavy atom. The van der Waals surface area contributed by atoms with Gasteiger partial charge in [0.25, 0.3) is 0 Å². The molecule has 0 aliphatic carbocycles. The molecule has 0 amide bonds. The number of para-hydroxylation sites is 2. The number of benzene rings is 3. The molecular weight excluding hydrogens is 420 g/mol. The van der Waals surface area contributed by atoms with Crippen molar-refractivity contribution in [2.24, 2.45) is 0 Å². The molecule has 0 unspecified atom stereocenters. The molecule has 7 N–H and O–H groups in total. The van der Waals surface area contributed by atoms with Crippen LogP contribution >= 0.6 is 0 Å². The zero-order chi connectivity index (χ0) is 24.4. The van der Waals surface area contributed by atoms with E-state index in [4.69, 9.17) is 39.6 Å². The van der Waals surface area contributed by atoms with E-state index in [1.807, 2.05) is 42.5 Å². The number of carbonyl (C=O) groups excluding carboxylic acids is 2. The minimum atomic E-state index is -2.19. The smallest absolute Gasteiger partial charge is 0.414 e. The topological polar surface area (TPSA) is 199 Å². The first kappa shape index (κ1) is 27.5. The molecule has 0 bridgehead atoms. The Balaban J connectivity index is 0.000000434. The molecule has 32 heavy (non-hydrogen) atoms. The standard InChI is InChI=1S/C12H11N.C6H7N.2C2H2O4/c1-3-7-11(8-4-1)13-12-9-5-2-6-10-12;7-6-4-2-1-3-5-6;2*3-1(4)2(5)6/h1-10,13H;1-5H,7H2;2*(H,3,4)(H,5,6). The highest BCUT2D eigenvalue weighted by Gasteiger charge is 2.04. The van der Waals surface area contributed by atoms with Crippen LogP contribution in [0.1, 0.15) is 0 Å². The number of carbonyl (C=O) groups is 4. The zero-order valence-corrected chi connectivity index (χ0v) is 16.8. The molecule has 3 aromatic rings. The van der Waals surface area contributed by atoms with Gasteiger partial charge in [0.1, 0.15) is 17.1 Å². The van der Waals surface area contributed by atoms with Gasteiger partial charge in [0.05, 0.1) is 11.9 Å². The third-order valence-corrected chi connectivity index (χ3v) is 3.12. The van der Waals surface area contributed by atoms with E-state index in [1.165, 1.54) is 11.4 Å². The normalized spacial score (nSPS) is 8.66. The van der Waals surface area contributed by atoms with Crippen LogP contribution in [0.3, 0.4) is 0 Å². The molecule has 0 aliphatic heterocycles. The zero-order valence-electron chi connectivity index (χ0n) is 16.8. The molecule has 168 valence electrons. The van der Waals surface area contributed by atoms with Crippen molar-refractivity contribution in [2.75, 3.05) is 0 Å². The van der Waals surface area contributed by atoms with Gasteiger partial charge in [-0.2, -0.15) is 0 Å². The number of aliphatic carboxylic acids is 4. The quantitative estimate of drug-likeness (QED) is 0.269. The van der Waals surface area contributed by atoms with Gasteiger partial charge in [-0.25, -0.2) is 9.59 Å². The van der Waals surface area contributed by atoms with Crippen LogP contribution in [0, 0.1) is 0 Å². The predicted octanol–water partition coefficient (Wildman–Crippen LogP) is -1.58. The van der Waals surface area contributed by atoms with Gasteiger partial charge < -0.3 is 35.7 Å². The highest BCUT2D eigenvalue weighted by atomic mass is 16.4. The van der Waals surface area contributed by atoms with Crippen molar-refractivity contribution in [1.29, 1.82) is 0 Å². The van der Waals surface area contributed by atoms with E-state index in [2.05, 4.69) is 59.6 Å². The fourth-order valence-corrected chi connectivity index (χ4v) is 1.77. The van der Waals surface area contributed by atoms with E-state index in [9.17, 15) is 0 Å². The van der Waals surface area contributed by atoms with Gasteiger partial charge in [0.2, 0.25) is 0 Å². The summed E-state index contributed by atoms with van der Waals surface area (Å²) in [7, 11) is 0. The summed E-state index contributed by atoms with van der Waals surface area (Å²) in [6.45, 7) is 0. The molecule has 3 aromatic carbocycles. The van der Waals surface area contributed by atoms with Crippen molar-refractivity contribution < 1.29 is 50.7 Å². The maximum Gasteiger partial charge on any atom is 0.414 e. The Kier molecular flexibility index (Phi) is 14.0. The maximum absolute atomic E-state index is 9.10. The van der Waals surface area contributed by atoms with E-state index in [1.54, 1.807) is 0 Å². The summed E-state index contributed by atoms with van der Waals surface area (Å²) in [5.74, 6) is -8.02. The molecule has 0 spiro atoms. The summed E-state index contributed by atoms with van der Waals surface area (Å²) in [5.41, 5.74) is 7.28. The van der Waals surface area contributed by atoms with Crippen LogP contribution < -0.4 is 21.3 Å². The summed E-state index contributed by atoms with van der Waals surface area (Å²) in [6.07, 6.45) is 0. The Morgan fingerprint density at radius 3 is 1.06 bits per heavy atom. The monoisotopic (exact) mass is 442 g/mol. The number of nitrogens with two attached hydrogens (primary N) is 1. The van der Waals surface area contributed by atoms with Crippen molar-refractivity contribution >= 4 is 40.9 Å². The van der Waals surface area contributed by atoms with E-state index in [0.717, 1.165) is 5.69 Å². The van der Waals surface area contributed by atoms with Crippen LogP contribution in [0.5, 0.6) is 0 Å². The number of carboxylic acids is 4. The molecule has 10 nitrogen and oxygen atoms in total. The minimum absolute atomic E-state index is 1.07. The number of hydrogen-bond donors (Lipinski definition) is 4. The molecule has 0 radical (unpaired) electrons. The first-order chi connectivity index (χ1) is 15.1. The van der Waals surface area contributed by atoms with Crippen molar-refractivity contribution in [1.82, 2.24) is 0 Å². The second-order valence-electron chi connectivity index (χ2n) is 5.64. The van der Waals surface area contributed by atoms with Crippen molar-refractivity contribution in [3.05, 3.63) is 91.0 Å². The molecule has 0 atom stereocenters. The number of hydrogen-bond acceptors (Lipinski definition) is 6. The van der Waals surface area contributed by atoms with Gasteiger partial charge in [-0.15, -0.1) is 0 Å². The summed E-state index contributed by atoms with van der Waals surface area (Å²) < 4.78 is 0. The Bertz CT molecular complexity index is 879. The lowest BCUT2D eigenvalue weighted by atomic mass is 10.3. The van der Waals surface area contributed by atoms with E-state index < -0.39 is 23.9 Å². The number of carboxylic acid groups (broad SMARTS) is 4. The van der Waals surface area contributed by atoms with Crippen LogP contribution in [0.4, 0.5) is 17.1 Å². The van der Waals surface area contributed by atoms with E-state index in [-0.39, 0.29) is 0 Å². The molecule has 10 heteroatoms. The highest BCUT2D eigenvalue weighted by molar-refractivity contribution is 6.27. The number of quaternary nitrogens is 2. The summed E-state index contributed by atoms with van der Waals surface area (Å²) in [5, 5.41) is 34.8. The molecule has 3 rings (SSSR count). The third-order valence-electron chi connectivity index (χ3n) is 3.12. The molecule has 0 aromatic heterocycles. The second kappa shape index (κ2) is 16.3. The molecule has 0 saturated carbocycles. The van der Waals surface area contributed by atoms with Gasteiger partial charge in [-0.3, -0.25) is 5.32 Å². The average Bonchev–Trinajstić information content (AvgIpc) is 2.77. The van der Waals surface area contributed by atoms with Crippen molar-refractivity contribution in [3.8, 4) is 0 Å². The van der Waals surface area contributed by atoms with Crippen molar-refractivity contribution in [2.45, 2.75) is 0 Å². The maximum atomic E-state index is 9.10.